The summed E-state index contributed by atoms with van der Waals surface area (Å²) in [6, 6.07) is 5.25. The number of hydrogen-bond donors (Lipinski definition) is 2. The van der Waals surface area contributed by atoms with Crippen molar-refractivity contribution in [2.24, 2.45) is 11.8 Å². The van der Waals surface area contributed by atoms with Crippen molar-refractivity contribution in [1.29, 1.82) is 0 Å². The normalized spacial score (nSPS) is 31.3. The van der Waals surface area contributed by atoms with Gasteiger partial charge in [0.05, 0.1) is 18.2 Å². The zero-order valence-corrected chi connectivity index (χ0v) is 19.2. The number of benzene rings is 1. The van der Waals surface area contributed by atoms with Crippen LogP contribution in [0.1, 0.15) is 45.9 Å². The monoisotopic (exact) mass is 448 g/mol. The van der Waals surface area contributed by atoms with E-state index >= 15 is 4.39 Å². The number of allylic oxidation sites excluding steroid dienone is 1. The van der Waals surface area contributed by atoms with Gasteiger partial charge in [-0.3, -0.25) is 0 Å². The fourth-order valence-electron chi connectivity index (χ4n) is 6.03. The minimum absolute atomic E-state index is 0.0637. The molecule has 0 amide bonds. The van der Waals surface area contributed by atoms with Gasteiger partial charge in [-0.1, -0.05) is 13.5 Å². The summed E-state index contributed by atoms with van der Waals surface area (Å²) in [6.07, 6.45) is 8.05. The molecule has 1 aromatic carbocycles. The lowest BCUT2D eigenvalue weighted by Crippen LogP contribution is -2.70. The minimum atomic E-state index is -1.08. The number of halogens is 1. The van der Waals surface area contributed by atoms with Crippen molar-refractivity contribution in [3.05, 3.63) is 55.5 Å². The fraction of sp³-hybridized carbons (Fsp3) is 0.440. The average Bonchev–Trinajstić information content (AvgIpc) is 3.30. The second kappa shape index (κ2) is 7.73. The zero-order valence-electron chi connectivity index (χ0n) is 19.2. The number of fused-ring (bicyclic) bond motifs is 2. The largest absolute Gasteiger partial charge is 0.507 e. The lowest BCUT2D eigenvalue weighted by molar-refractivity contribution is -0.0252. The van der Waals surface area contributed by atoms with Gasteiger partial charge in [0, 0.05) is 41.0 Å². The Morgan fingerprint density at radius 3 is 2.73 bits per heavy atom. The molecule has 3 aromatic rings. The molecule has 33 heavy (non-hydrogen) atoms. The van der Waals surface area contributed by atoms with E-state index in [4.69, 9.17) is 0 Å². The second-order valence-corrected chi connectivity index (χ2v) is 10.2. The van der Waals surface area contributed by atoms with Gasteiger partial charge in [-0.2, -0.15) is 0 Å². The maximum absolute atomic E-state index is 15.7. The number of hydrogen-bond acceptors (Lipinski definition) is 6. The van der Waals surface area contributed by atoms with E-state index in [-0.39, 0.29) is 17.2 Å². The quantitative estimate of drug-likeness (QED) is 0.617. The Bertz CT molecular complexity index is 1180. The Labute approximate surface area is 192 Å². The van der Waals surface area contributed by atoms with Crippen molar-refractivity contribution in [2.75, 3.05) is 0 Å². The molecule has 2 N–H and O–H groups in total. The maximum Gasteiger partial charge on any atom is 0.177 e. The molecule has 4 heterocycles. The van der Waals surface area contributed by atoms with Gasteiger partial charge in [0.25, 0.3) is 0 Å². The number of phenolic OH excluding ortho intramolecular Hbond substituents is 1. The third-order valence-corrected chi connectivity index (χ3v) is 7.15. The van der Waals surface area contributed by atoms with E-state index in [1.807, 2.05) is 13.0 Å². The molecule has 2 aromatic heterocycles. The fourth-order valence-corrected chi connectivity index (χ4v) is 6.03. The Kier molecular flexibility index (Phi) is 5.08. The first-order valence-electron chi connectivity index (χ1n) is 11.3. The molecule has 0 radical (unpaired) electrons. The van der Waals surface area contributed by atoms with Crippen LogP contribution in [0.15, 0.2) is 49.7 Å². The smallest absolute Gasteiger partial charge is 0.177 e. The molecule has 2 fully saturated rings. The molecule has 2 bridgehead atoms. The van der Waals surface area contributed by atoms with E-state index in [1.165, 1.54) is 0 Å². The predicted octanol–water partition coefficient (Wildman–Crippen LogP) is 4.34. The first kappa shape index (κ1) is 21.7. The van der Waals surface area contributed by atoms with Crippen molar-refractivity contribution in [1.82, 2.24) is 30.0 Å². The Balaban J connectivity index is 1.38. The molecule has 0 spiro atoms. The van der Waals surface area contributed by atoms with E-state index in [1.54, 1.807) is 41.6 Å². The molecule has 0 aliphatic carbocycles. The highest BCUT2D eigenvalue weighted by Gasteiger charge is 2.55. The summed E-state index contributed by atoms with van der Waals surface area (Å²) in [5.74, 6) is 0.512. The highest BCUT2D eigenvalue weighted by molar-refractivity contribution is 5.68. The number of aromatic nitrogens is 5. The molecule has 172 valence electrons. The molecule has 5 rings (SSSR count). The summed E-state index contributed by atoms with van der Waals surface area (Å²) < 4.78 is 17.5. The van der Waals surface area contributed by atoms with Crippen LogP contribution in [0, 0.1) is 11.8 Å². The summed E-state index contributed by atoms with van der Waals surface area (Å²) in [5.41, 5.74) is 1.58. The number of nitrogens with one attached hydrogen (secondary N) is 1. The molecule has 2 aliphatic rings. The van der Waals surface area contributed by atoms with Gasteiger partial charge in [-0.05, 0) is 56.7 Å². The summed E-state index contributed by atoms with van der Waals surface area (Å²) >= 11 is 0. The van der Waals surface area contributed by atoms with Gasteiger partial charge in [0.1, 0.15) is 17.6 Å². The van der Waals surface area contributed by atoms with Crippen LogP contribution < -0.4 is 5.32 Å². The average molecular weight is 449 g/mol. The number of piperidine rings is 2. The van der Waals surface area contributed by atoms with Crippen molar-refractivity contribution >= 4 is 5.57 Å². The first-order chi connectivity index (χ1) is 15.7. The highest BCUT2D eigenvalue weighted by atomic mass is 19.1. The summed E-state index contributed by atoms with van der Waals surface area (Å²) in [5, 5.41) is 22.6. The summed E-state index contributed by atoms with van der Waals surface area (Å²) in [7, 11) is 0. The first-order valence-corrected chi connectivity index (χ1v) is 11.3. The highest BCUT2D eigenvalue weighted by Crippen LogP contribution is 2.49. The zero-order chi connectivity index (χ0) is 23.4. The second-order valence-electron chi connectivity index (χ2n) is 10.2. The van der Waals surface area contributed by atoms with Crippen LogP contribution >= 0.6 is 0 Å². The molecule has 2 aliphatic heterocycles. The van der Waals surface area contributed by atoms with Crippen molar-refractivity contribution in [2.45, 2.75) is 57.3 Å². The number of phenols is 1. The molecular formula is C25H29FN6O. The molecule has 0 unspecified atom stereocenters. The lowest BCUT2D eigenvalue weighted by atomic mass is 9.61. The summed E-state index contributed by atoms with van der Waals surface area (Å²) in [4.78, 5) is 8.47. The van der Waals surface area contributed by atoms with Crippen LogP contribution in [0.2, 0.25) is 0 Å². The molecule has 0 saturated carbocycles. The Morgan fingerprint density at radius 2 is 2.06 bits per heavy atom. The molecular weight excluding hydrogens is 419 g/mol. The van der Waals surface area contributed by atoms with Gasteiger partial charge in [-0.15, -0.1) is 10.2 Å². The number of imidazole rings is 1. The topological polar surface area (TPSA) is 88.8 Å². The summed E-state index contributed by atoms with van der Waals surface area (Å²) in [6.45, 7) is 10.5. The SMILES string of the molecule is C=C(c1ncc(-c2ccc(-n3ccnc3)cc2O)nn1)[C@H]1C[C@]2(C)C[C@@H](C)C[C@@](C)(N2)[C@@H]1F. The van der Waals surface area contributed by atoms with Gasteiger partial charge in [-0.25, -0.2) is 14.4 Å². The van der Waals surface area contributed by atoms with Crippen LogP contribution in [0.3, 0.4) is 0 Å². The third kappa shape index (κ3) is 3.82. The van der Waals surface area contributed by atoms with Crippen molar-refractivity contribution < 1.29 is 9.50 Å². The predicted molar refractivity (Wildman–Crippen MR) is 124 cm³/mol. The molecule has 8 heteroatoms. The number of alkyl halides is 1. The maximum atomic E-state index is 15.7. The molecule has 2 saturated heterocycles. The van der Waals surface area contributed by atoms with Crippen LogP contribution in [-0.2, 0) is 0 Å². The van der Waals surface area contributed by atoms with E-state index in [0.717, 1.165) is 18.5 Å². The van der Waals surface area contributed by atoms with E-state index in [9.17, 15) is 5.11 Å². The van der Waals surface area contributed by atoms with Crippen LogP contribution in [0.4, 0.5) is 4.39 Å². The standard InChI is InChI=1S/C25H29FN6O/c1-15-10-24(3)12-19(22(26)25(4,11-15)31-24)16(2)23-28-13-20(29-30-23)18-6-5-17(9-21(18)33)32-8-7-27-14-32/h5-9,13-15,19,22,31,33H,2,10-12H2,1,3-4H3/t15-,19-,22-,24+,25-/m1/s1. The molecule has 7 nitrogen and oxygen atoms in total. The van der Waals surface area contributed by atoms with Gasteiger partial charge >= 0.3 is 0 Å². The molecule has 5 atom stereocenters. The number of nitrogens with zero attached hydrogens (tertiary/aromatic N) is 5. The van der Waals surface area contributed by atoms with Crippen molar-refractivity contribution in [3.63, 3.8) is 0 Å². The van der Waals surface area contributed by atoms with Crippen LogP contribution in [0.25, 0.3) is 22.5 Å². The minimum Gasteiger partial charge on any atom is -0.507 e. The Hall–Kier alpha value is -3.13. The van der Waals surface area contributed by atoms with Crippen molar-refractivity contribution in [3.8, 4) is 22.7 Å². The van der Waals surface area contributed by atoms with E-state index in [0.29, 0.717) is 35.0 Å². The number of rotatable bonds is 4. The lowest BCUT2D eigenvalue weighted by Gasteiger charge is -2.57. The Morgan fingerprint density at radius 1 is 1.24 bits per heavy atom. The third-order valence-electron chi connectivity index (χ3n) is 7.15. The van der Waals surface area contributed by atoms with Crippen LogP contribution in [0.5, 0.6) is 5.75 Å². The van der Waals surface area contributed by atoms with Gasteiger partial charge in [0.2, 0.25) is 0 Å². The van der Waals surface area contributed by atoms with Gasteiger partial charge in [0.15, 0.2) is 5.82 Å². The van der Waals surface area contributed by atoms with E-state index < -0.39 is 11.7 Å². The van der Waals surface area contributed by atoms with E-state index in [2.05, 4.69) is 45.9 Å². The number of aromatic hydroxyl groups is 1. The van der Waals surface area contributed by atoms with Gasteiger partial charge < -0.3 is 15.0 Å². The van der Waals surface area contributed by atoms with Crippen LogP contribution in [-0.4, -0.2) is 47.1 Å².